The zero-order valence-corrected chi connectivity index (χ0v) is 30.3. The lowest BCUT2D eigenvalue weighted by atomic mass is 9.86. The van der Waals surface area contributed by atoms with E-state index in [1.54, 1.807) is 12.1 Å². The molecule has 1 aromatic heterocycles. The molecular formula is C42H54N4O6. The number of alkyl carbamates (subject to hydrolysis) is 1. The zero-order valence-electron chi connectivity index (χ0n) is 30.3. The van der Waals surface area contributed by atoms with Crippen LogP contribution in [0.2, 0.25) is 0 Å². The van der Waals surface area contributed by atoms with E-state index in [0.717, 1.165) is 88.0 Å². The number of phenolic OH excluding ortho intramolecular Hbond substituents is 1. The Balaban J connectivity index is 0.871. The van der Waals surface area contributed by atoms with E-state index < -0.39 is 6.10 Å². The molecule has 3 fully saturated rings. The Kier molecular flexibility index (Phi) is 13.2. The number of aliphatic hydroxyl groups is 1. The molecule has 0 saturated carbocycles. The fourth-order valence-electron chi connectivity index (χ4n) is 7.56. The van der Waals surface area contributed by atoms with Crippen LogP contribution in [0.3, 0.4) is 0 Å². The number of amides is 1. The molecule has 10 heteroatoms. The normalized spacial score (nSPS) is 19.3. The lowest BCUT2D eigenvalue weighted by Crippen LogP contribution is -2.52. The maximum atomic E-state index is 13.2. The zero-order chi connectivity index (χ0) is 36.3. The van der Waals surface area contributed by atoms with Crippen LogP contribution in [0.4, 0.5) is 4.79 Å². The summed E-state index contributed by atoms with van der Waals surface area (Å²) in [4.78, 5) is 29.9. The van der Waals surface area contributed by atoms with Gasteiger partial charge < -0.3 is 35.3 Å². The molecule has 52 heavy (non-hydrogen) atoms. The summed E-state index contributed by atoms with van der Waals surface area (Å²) in [6.07, 6.45) is 8.78. The number of aromatic hydroxyl groups is 1. The third kappa shape index (κ3) is 10.1. The maximum Gasteiger partial charge on any atom is 0.408 e. The Labute approximate surface area is 306 Å². The van der Waals surface area contributed by atoms with E-state index in [1.165, 1.54) is 30.5 Å². The van der Waals surface area contributed by atoms with Gasteiger partial charge in [-0.1, -0.05) is 80.1 Å². The first kappa shape index (κ1) is 37.4. The molecule has 0 radical (unpaired) electrons. The second-order valence-electron chi connectivity index (χ2n) is 14.5. The van der Waals surface area contributed by atoms with Crippen molar-refractivity contribution in [1.29, 1.82) is 0 Å². The average Bonchev–Trinajstić information content (AvgIpc) is 3.15. The number of nitrogens with one attached hydrogen (secondary N) is 3. The summed E-state index contributed by atoms with van der Waals surface area (Å²) in [5.41, 5.74) is 3.86. The van der Waals surface area contributed by atoms with Crippen molar-refractivity contribution >= 4 is 17.0 Å². The van der Waals surface area contributed by atoms with Crippen LogP contribution in [0.5, 0.6) is 11.5 Å². The Morgan fingerprint density at radius 3 is 2.42 bits per heavy atom. The van der Waals surface area contributed by atoms with E-state index in [2.05, 4.69) is 51.7 Å². The smallest absolute Gasteiger partial charge is 0.408 e. The number of pyridine rings is 1. The third-order valence-electron chi connectivity index (χ3n) is 10.6. The number of unbranched alkanes of at least 4 members (excludes halogenated alkanes) is 6. The number of rotatable bonds is 18. The number of piperidine rings is 3. The number of aromatic amines is 1. The monoisotopic (exact) mass is 710 g/mol. The van der Waals surface area contributed by atoms with Gasteiger partial charge in [-0.05, 0) is 99.1 Å². The van der Waals surface area contributed by atoms with Crippen LogP contribution < -0.4 is 20.9 Å². The number of carbonyl (C=O) groups excluding carboxylic acids is 1. The number of hydrogen-bond donors (Lipinski definition) is 5. The molecule has 278 valence electrons. The highest BCUT2D eigenvalue weighted by Crippen LogP contribution is 2.31. The topological polar surface area (TPSA) is 136 Å². The van der Waals surface area contributed by atoms with Gasteiger partial charge in [0.1, 0.15) is 17.6 Å². The molecule has 3 unspecified atom stereocenters. The van der Waals surface area contributed by atoms with Crippen LogP contribution in [0.25, 0.3) is 10.9 Å². The first-order valence-electron chi connectivity index (χ1n) is 19.1. The van der Waals surface area contributed by atoms with Crippen LogP contribution in [0, 0.1) is 12.8 Å². The van der Waals surface area contributed by atoms with Crippen molar-refractivity contribution in [1.82, 2.24) is 20.5 Å². The fourth-order valence-corrected chi connectivity index (χ4v) is 7.56. The third-order valence-corrected chi connectivity index (χ3v) is 10.6. The largest absolute Gasteiger partial charge is 0.506 e. The quantitative estimate of drug-likeness (QED) is 0.0706. The van der Waals surface area contributed by atoms with Crippen molar-refractivity contribution in [3.8, 4) is 11.5 Å². The lowest BCUT2D eigenvalue weighted by molar-refractivity contribution is -0.0336. The van der Waals surface area contributed by atoms with E-state index in [1.807, 2.05) is 24.3 Å². The molecule has 4 heterocycles. The molecule has 3 aromatic carbocycles. The predicted octanol–water partition coefficient (Wildman–Crippen LogP) is 6.88. The van der Waals surface area contributed by atoms with Gasteiger partial charge in [0, 0.05) is 24.5 Å². The van der Waals surface area contributed by atoms with Gasteiger partial charge in [0.25, 0.3) is 0 Å². The number of carbonyl (C=O) groups is 1. The Hall–Kier alpha value is -4.38. The van der Waals surface area contributed by atoms with Gasteiger partial charge in [0.2, 0.25) is 5.56 Å². The minimum absolute atomic E-state index is 0.00885. The lowest BCUT2D eigenvalue weighted by Gasteiger charge is -2.43. The predicted molar refractivity (Wildman–Crippen MR) is 204 cm³/mol. The second-order valence-corrected chi connectivity index (χ2v) is 14.5. The van der Waals surface area contributed by atoms with E-state index in [9.17, 15) is 19.8 Å². The molecule has 3 atom stereocenters. The van der Waals surface area contributed by atoms with Gasteiger partial charge in [-0.25, -0.2) is 4.79 Å². The molecule has 4 aromatic rings. The summed E-state index contributed by atoms with van der Waals surface area (Å²) in [7, 11) is 0. The molecule has 10 nitrogen and oxygen atoms in total. The Morgan fingerprint density at radius 2 is 1.67 bits per heavy atom. The van der Waals surface area contributed by atoms with Crippen molar-refractivity contribution < 1.29 is 24.5 Å². The van der Waals surface area contributed by atoms with E-state index in [0.29, 0.717) is 35.5 Å². The number of ether oxygens (including phenoxy) is 2. The van der Waals surface area contributed by atoms with Crippen molar-refractivity contribution in [2.24, 2.45) is 5.92 Å². The minimum Gasteiger partial charge on any atom is -0.506 e. The molecule has 3 aliphatic rings. The van der Waals surface area contributed by atoms with Crippen molar-refractivity contribution in [3.05, 3.63) is 105 Å². The maximum absolute atomic E-state index is 13.2. The summed E-state index contributed by atoms with van der Waals surface area (Å²) in [6, 6.07) is 22.2. The summed E-state index contributed by atoms with van der Waals surface area (Å²) < 4.78 is 12.2. The summed E-state index contributed by atoms with van der Waals surface area (Å²) in [5, 5.41) is 27.9. The SMILES string of the molecule is Cc1ccc(C(NC(=O)OC2CN3CCC2CC3)c2cccc(OCCCCCCCCCNCC(O)c3ccc(O)c4[nH]c(=O)ccc34)c2)cc1. The van der Waals surface area contributed by atoms with E-state index in [-0.39, 0.29) is 29.5 Å². The second kappa shape index (κ2) is 18.4. The van der Waals surface area contributed by atoms with E-state index >= 15 is 0 Å². The van der Waals surface area contributed by atoms with Crippen LogP contribution >= 0.6 is 0 Å². The Morgan fingerprint density at radius 1 is 0.923 bits per heavy atom. The first-order valence-corrected chi connectivity index (χ1v) is 19.1. The van der Waals surface area contributed by atoms with Crippen LogP contribution in [0.15, 0.2) is 77.6 Å². The number of hydrogen-bond acceptors (Lipinski definition) is 8. The van der Waals surface area contributed by atoms with Crippen LogP contribution in [-0.4, -0.2) is 71.6 Å². The van der Waals surface area contributed by atoms with Gasteiger partial charge in [-0.2, -0.15) is 0 Å². The molecule has 0 aliphatic carbocycles. The standard InChI is InChI=1S/C42H54N4O6/c1-29-12-14-31(15-13-29)40(45-42(50)52-38-28-46-23-20-30(38)21-24-46)32-10-9-11-33(26-32)51-25-8-6-4-2-3-5-7-22-43-27-37(48)34-16-18-36(47)41-35(34)17-19-39(49)44-41/h9-19,26,30,37-38,40,43,47-48H,2-8,20-25,27-28H2,1H3,(H,44,49)(H,45,50). The molecule has 3 saturated heterocycles. The number of benzene rings is 3. The van der Waals surface area contributed by atoms with Gasteiger partial charge in [-0.3, -0.25) is 9.69 Å². The summed E-state index contributed by atoms with van der Waals surface area (Å²) >= 11 is 0. The van der Waals surface area contributed by atoms with Crippen molar-refractivity contribution in [2.75, 3.05) is 39.3 Å². The molecule has 7 rings (SSSR count). The van der Waals surface area contributed by atoms with Crippen molar-refractivity contribution in [2.45, 2.75) is 83.0 Å². The molecule has 1 amide bonds. The highest BCUT2D eigenvalue weighted by atomic mass is 16.6. The van der Waals surface area contributed by atoms with Gasteiger partial charge in [0.15, 0.2) is 0 Å². The minimum atomic E-state index is -0.742. The van der Waals surface area contributed by atoms with Crippen molar-refractivity contribution in [3.63, 3.8) is 0 Å². The van der Waals surface area contributed by atoms with Crippen LogP contribution in [-0.2, 0) is 4.74 Å². The van der Waals surface area contributed by atoms with Crippen LogP contribution in [0.1, 0.15) is 92.2 Å². The highest BCUT2D eigenvalue weighted by molar-refractivity contribution is 5.87. The van der Waals surface area contributed by atoms with Gasteiger partial charge >= 0.3 is 6.09 Å². The number of nitrogens with zero attached hydrogens (tertiary/aromatic N) is 1. The summed E-state index contributed by atoms with van der Waals surface area (Å²) in [5.74, 6) is 1.25. The Bertz CT molecular complexity index is 1800. The molecule has 0 spiro atoms. The number of H-pyrrole nitrogens is 1. The fraction of sp³-hybridized carbons (Fsp3) is 0.476. The molecule has 2 bridgehead atoms. The van der Waals surface area contributed by atoms with E-state index in [4.69, 9.17) is 9.47 Å². The first-order chi connectivity index (χ1) is 25.3. The molecule has 3 aliphatic heterocycles. The van der Waals surface area contributed by atoms with Gasteiger partial charge in [-0.15, -0.1) is 0 Å². The average molecular weight is 711 g/mol. The number of phenols is 1. The summed E-state index contributed by atoms with van der Waals surface area (Å²) in [6.45, 7) is 6.96. The number of aliphatic hydroxyl groups excluding tert-OH is 1. The molecular weight excluding hydrogens is 656 g/mol. The molecule has 5 N–H and O–H groups in total. The van der Waals surface area contributed by atoms with Gasteiger partial charge in [0.05, 0.1) is 24.3 Å². The number of aryl methyl sites for hydroxylation is 1. The highest BCUT2D eigenvalue weighted by Gasteiger charge is 2.37. The number of fused-ring (bicyclic) bond motifs is 4. The number of aromatic nitrogens is 1.